The number of nitrogens with one attached hydrogen (secondary N) is 1. The Labute approximate surface area is 127 Å². The SMILES string of the molecule is CCN(Cc1cccc(C)n1)Cc1cc(CNC)c(C)o1. The van der Waals surface area contributed by atoms with Gasteiger partial charge in [-0.1, -0.05) is 13.0 Å². The van der Waals surface area contributed by atoms with Gasteiger partial charge in [0, 0.05) is 24.3 Å². The Hall–Kier alpha value is -1.65. The van der Waals surface area contributed by atoms with Crippen molar-refractivity contribution in [2.75, 3.05) is 13.6 Å². The molecule has 0 unspecified atom stereocenters. The van der Waals surface area contributed by atoms with Crippen LogP contribution >= 0.6 is 0 Å². The van der Waals surface area contributed by atoms with Gasteiger partial charge in [-0.3, -0.25) is 9.88 Å². The summed E-state index contributed by atoms with van der Waals surface area (Å²) >= 11 is 0. The molecule has 0 saturated heterocycles. The van der Waals surface area contributed by atoms with E-state index in [1.54, 1.807) is 0 Å². The summed E-state index contributed by atoms with van der Waals surface area (Å²) in [6.07, 6.45) is 0. The summed E-state index contributed by atoms with van der Waals surface area (Å²) in [5.74, 6) is 2.02. The molecule has 2 aromatic rings. The molecule has 0 radical (unpaired) electrons. The first-order valence-corrected chi connectivity index (χ1v) is 7.50. The molecule has 2 aromatic heterocycles. The van der Waals surface area contributed by atoms with Crippen LogP contribution in [0.2, 0.25) is 0 Å². The minimum absolute atomic E-state index is 0.816. The average Bonchev–Trinajstić information content (AvgIpc) is 2.79. The van der Waals surface area contributed by atoms with Crippen LogP contribution in [0.25, 0.3) is 0 Å². The van der Waals surface area contributed by atoms with Crippen LogP contribution in [0.3, 0.4) is 0 Å². The van der Waals surface area contributed by atoms with Gasteiger partial charge in [0.1, 0.15) is 11.5 Å². The first kappa shape index (κ1) is 15.7. The van der Waals surface area contributed by atoms with Crippen LogP contribution < -0.4 is 5.32 Å². The van der Waals surface area contributed by atoms with Crippen molar-refractivity contribution >= 4 is 0 Å². The van der Waals surface area contributed by atoms with Crippen molar-refractivity contribution in [3.8, 4) is 0 Å². The second-order valence-corrected chi connectivity index (χ2v) is 5.40. The molecular weight excluding hydrogens is 262 g/mol. The van der Waals surface area contributed by atoms with Crippen LogP contribution in [0.4, 0.5) is 0 Å². The third-order valence-corrected chi connectivity index (χ3v) is 3.60. The summed E-state index contributed by atoms with van der Waals surface area (Å²) in [5, 5.41) is 3.17. The van der Waals surface area contributed by atoms with E-state index in [1.165, 1.54) is 5.56 Å². The molecule has 0 saturated carbocycles. The Balaban J connectivity index is 2.03. The van der Waals surface area contributed by atoms with Crippen LogP contribution in [0.1, 0.15) is 35.4 Å². The fourth-order valence-corrected chi connectivity index (χ4v) is 2.45. The maximum absolute atomic E-state index is 5.86. The van der Waals surface area contributed by atoms with Gasteiger partial charge < -0.3 is 9.73 Å². The molecule has 0 aliphatic rings. The van der Waals surface area contributed by atoms with E-state index in [0.29, 0.717) is 0 Å². The van der Waals surface area contributed by atoms with Crippen LogP contribution in [0.15, 0.2) is 28.7 Å². The molecule has 2 rings (SSSR count). The second kappa shape index (κ2) is 7.38. The number of aryl methyl sites for hydroxylation is 2. The van der Waals surface area contributed by atoms with Gasteiger partial charge >= 0.3 is 0 Å². The van der Waals surface area contributed by atoms with Gasteiger partial charge in [-0.2, -0.15) is 0 Å². The van der Waals surface area contributed by atoms with E-state index in [0.717, 1.165) is 49.1 Å². The van der Waals surface area contributed by atoms with E-state index < -0.39 is 0 Å². The third-order valence-electron chi connectivity index (χ3n) is 3.60. The van der Waals surface area contributed by atoms with E-state index in [2.05, 4.69) is 40.3 Å². The Morgan fingerprint density at radius 1 is 1.24 bits per heavy atom. The quantitative estimate of drug-likeness (QED) is 0.850. The largest absolute Gasteiger partial charge is 0.465 e. The minimum Gasteiger partial charge on any atom is -0.465 e. The molecule has 1 N–H and O–H groups in total. The predicted molar refractivity (Wildman–Crippen MR) is 85.0 cm³/mol. The lowest BCUT2D eigenvalue weighted by Crippen LogP contribution is -2.22. The molecular formula is C17H25N3O. The lowest BCUT2D eigenvalue weighted by Gasteiger charge is -2.18. The monoisotopic (exact) mass is 287 g/mol. The smallest absolute Gasteiger partial charge is 0.118 e. The highest BCUT2D eigenvalue weighted by Crippen LogP contribution is 2.17. The number of nitrogens with zero attached hydrogens (tertiary/aromatic N) is 2. The molecule has 0 atom stereocenters. The minimum atomic E-state index is 0.816. The summed E-state index contributed by atoms with van der Waals surface area (Å²) in [5.41, 5.74) is 3.40. The summed E-state index contributed by atoms with van der Waals surface area (Å²) in [6, 6.07) is 8.32. The van der Waals surface area contributed by atoms with Crippen molar-refractivity contribution in [3.63, 3.8) is 0 Å². The zero-order valence-electron chi connectivity index (χ0n) is 13.4. The van der Waals surface area contributed by atoms with E-state index in [-0.39, 0.29) is 0 Å². The lowest BCUT2D eigenvalue weighted by atomic mass is 10.2. The van der Waals surface area contributed by atoms with Crippen molar-refractivity contribution in [3.05, 3.63) is 52.7 Å². The number of aromatic nitrogens is 1. The van der Waals surface area contributed by atoms with E-state index in [4.69, 9.17) is 4.42 Å². The molecule has 4 nitrogen and oxygen atoms in total. The number of furan rings is 1. The van der Waals surface area contributed by atoms with Crippen LogP contribution in [-0.4, -0.2) is 23.5 Å². The van der Waals surface area contributed by atoms with Gasteiger partial charge in [0.25, 0.3) is 0 Å². The second-order valence-electron chi connectivity index (χ2n) is 5.40. The van der Waals surface area contributed by atoms with Crippen molar-refractivity contribution in [1.82, 2.24) is 15.2 Å². The van der Waals surface area contributed by atoms with Crippen LogP contribution in [-0.2, 0) is 19.6 Å². The average molecular weight is 287 g/mol. The Morgan fingerprint density at radius 3 is 2.71 bits per heavy atom. The lowest BCUT2D eigenvalue weighted by molar-refractivity contribution is 0.243. The maximum Gasteiger partial charge on any atom is 0.118 e. The normalized spacial score (nSPS) is 11.3. The highest BCUT2D eigenvalue weighted by Gasteiger charge is 2.11. The van der Waals surface area contributed by atoms with E-state index in [1.807, 2.05) is 27.0 Å². The topological polar surface area (TPSA) is 41.3 Å². The highest BCUT2D eigenvalue weighted by atomic mass is 16.3. The molecule has 4 heteroatoms. The molecule has 0 fully saturated rings. The summed E-state index contributed by atoms with van der Waals surface area (Å²) < 4.78 is 5.86. The van der Waals surface area contributed by atoms with E-state index >= 15 is 0 Å². The highest BCUT2D eigenvalue weighted by molar-refractivity contribution is 5.20. The third kappa shape index (κ3) is 4.41. The number of pyridine rings is 1. The standard InChI is InChI=1S/C17H25N3O/c1-5-20(11-16-8-6-7-13(2)19-16)12-17-9-15(10-18-4)14(3)21-17/h6-9,18H,5,10-12H2,1-4H3. The fourth-order valence-electron chi connectivity index (χ4n) is 2.45. The van der Waals surface area contributed by atoms with Crippen LogP contribution in [0.5, 0.6) is 0 Å². The number of hydrogen-bond donors (Lipinski definition) is 1. The van der Waals surface area contributed by atoms with Gasteiger partial charge in [-0.15, -0.1) is 0 Å². The molecule has 0 aliphatic heterocycles. The molecule has 0 spiro atoms. The Bertz CT molecular complexity index is 577. The molecule has 0 bridgehead atoms. The van der Waals surface area contributed by atoms with Gasteiger partial charge in [0.05, 0.1) is 12.2 Å². The van der Waals surface area contributed by atoms with Crippen molar-refractivity contribution in [2.45, 2.75) is 40.4 Å². The van der Waals surface area contributed by atoms with Crippen molar-refractivity contribution in [1.29, 1.82) is 0 Å². The molecule has 21 heavy (non-hydrogen) atoms. The summed E-state index contributed by atoms with van der Waals surface area (Å²) in [6.45, 7) is 9.70. The molecule has 2 heterocycles. The summed E-state index contributed by atoms with van der Waals surface area (Å²) in [4.78, 5) is 6.91. The van der Waals surface area contributed by atoms with Crippen molar-refractivity contribution < 1.29 is 4.42 Å². The zero-order valence-corrected chi connectivity index (χ0v) is 13.4. The van der Waals surface area contributed by atoms with Gasteiger partial charge in [0.2, 0.25) is 0 Å². The van der Waals surface area contributed by atoms with Gasteiger partial charge in [-0.25, -0.2) is 0 Å². The molecule has 0 aromatic carbocycles. The van der Waals surface area contributed by atoms with E-state index in [9.17, 15) is 0 Å². The van der Waals surface area contributed by atoms with Crippen LogP contribution in [0, 0.1) is 13.8 Å². The Morgan fingerprint density at radius 2 is 2.05 bits per heavy atom. The zero-order chi connectivity index (χ0) is 15.2. The summed E-state index contributed by atoms with van der Waals surface area (Å²) in [7, 11) is 1.95. The first-order chi connectivity index (χ1) is 10.1. The van der Waals surface area contributed by atoms with Crippen molar-refractivity contribution in [2.24, 2.45) is 0 Å². The van der Waals surface area contributed by atoms with Gasteiger partial charge in [0.15, 0.2) is 0 Å². The fraction of sp³-hybridized carbons (Fsp3) is 0.471. The Kier molecular flexibility index (Phi) is 5.53. The van der Waals surface area contributed by atoms with Gasteiger partial charge in [-0.05, 0) is 45.6 Å². The maximum atomic E-state index is 5.86. The number of rotatable bonds is 7. The number of hydrogen-bond acceptors (Lipinski definition) is 4. The first-order valence-electron chi connectivity index (χ1n) is 7.50. The molecule has 0 aliphatic carbocycles. The molecule has 0 amide bonds. The molecule has 114 valence electrons. The predicted octanol–water partition coefficient (Wildman–Crippen LogP) is 3.03.